The number of rotatable bonds is 1. The Labute approximate surface area is 198 Å². The highest BCUT2D eigenvalue weighted by Gasteiger charge is 2.70. The number of anilines is 1. The van der Waals surface area contributed by atoms with Crippen molar-refractivity contribution in [3.05, 3.63) is 41.5 Å². The van der Waals surface area contributed by atoms with Gasteiger partial charge in [-0.15, -0.1) is 0 Å². The normalized spacial score (nSPS) is 27.1. The van der Waals surface area contributed by atoms with Crippen molar-refractivity contribution < 1.29 is 23.9 Å². The van der Waals surface area contributed by atoms with Gasteiger partial charge in [0, 0.05) is 5.92 Å². The van der Waals surface area contributed by atoms with Crippen molar-refractivity contribution in [3.8, 4) is 12.1 Å². The molecule has 1 heterocycles. The van der Waals surface area contributed by atoms with Gasteiger partial charge in [-0.25, -0.2) is 9.69 Å². The van der Waals surface area contributed by atoms with Gasteiger partial charge < -0.3 is 9.47 Å². The first-order chi connectivity index (χ1) is 16.1. The van der Waals surface area contributed by atoms with Gasteiger partial charge in [0.2, 0.25) is 5.91 Å². The Bertz CT molecular complexity index is 1170. The molecule has 1 saturated carbocycles. The molecule has 0 radical (unpaired) electrons. The van der Waals surface area contributed by atoms with Crippen LogP contribution in [0.25, 0.3) is 0 Å². The van der Waals surface area contributed by atoms with E-state index in [9.17, 15) is 24.9 Å². The molecule has 3 atom stereocenters. The lowest BCUT2D eigenvalue weighted by Gasteiger charge is -2.51. The first-order valence-corrected chi connectivity index (χ1v) is 11.4. The molecule has 1 aromatic rings. The quantitative estimate of drug-likeness (QED) is 0.455. The van der Waals surface area contributed by atoms with E-state index in [1.807, 2.05) is 6.08 Å². The van der Waals surface area contributed by atoms with Crippen LogP contribution in [-0.4, -0.2) is 30.7 Å². The van der Waals surface area contributed by atoms with E-state index in [0.29, 0.717) is 29.7 Å². The van der Waals surface area contributed by atoms with Crippen LogP contribution in [0.2, 0.25) is 0 Å². The molecule has 1 aromatic carbocycles. The largest absolute Gasteiger partial charge is 0.469 e. The van der Waals surface area contributed by atoms with E-state index in [-0.39, 0.29) is 6.42 Å². The monoisotopic (exact) mass is 461 g/mol. The van der Waals surface area contributed by atoms with Gasteiger partial charge in [-0.3, -0.25) is 9.59 Å². The predicted molar refractivity (Wildman–Crippen MR) is 121 cm³/mol. The van der Waals surface area contributed by atoms with Crippen molar-refractivity contribution in [2.24, 2.45) is 17.3 Å². The predicted octanol–water partition coefficient (Wildman–Crippen LogP) is 4.16. The van der Waals surface area contributed by atoms with E-state index in [4.69, 9.17) is 9.47 Å². The number of amides is 2. The van der Waals surface area contributed by atoms with Crippen molar-refractivity contribution in [2.45, 2.75) is 57.5 Å². The number of imide groups is 1. The fourth-order valence-electron chi connectivity index (χ4n) is 5.90. The van der Waals surface area contributed by atoms with Crippen molar-refractivity contribution in [2.75, 3.05) is 12.0 Å². The Morgan fingerprint density at radius 3 is 2.47 bits per heavy atom. The number of ether oxygens (including phenoxy) is 2. The van der Waals surface area contributed by atoms with E-state index in [2.05, 4.69) is 12.1 Å². The van der Waals surface area contributed by atoms with Crippen molar-refractivity contribution >= 4 is 23.7 Å². The second kappa shape index (κ2) is 7.99. The second-order valence-corrected chi connectivity index (χ2v) is 10.1. The number of hydrogen-bond acceptors (Lipinski definition) is 7. The summed E-state index contributed by atoms with van der Waals surface area (Å²) in [5, 5.41) is 20.2. The van der Waals surface area contributed by atoms with Crippen molar-refractivity contribution in [1.29, 1.82) is 10.5 Å². The maximum atomic E-state index is 14.4. The van der Waals surface area contributed by atoms with Crippen LogP contribution in [0, 0.1) is 39.9 Å². The van der Waals surface area contributed by atoms with Gasteiger partial charge in [0.05, 0.1) is 36.3 Å². The van der Waals surface area contributed by atoms with E-state index in [0.717, 1.165) is 11.3 Å². The first kappa shape index (κ1) is 23.5. The fourth-order valence-corrected chi connectivity index (χ4v) is 5.90. The number of benzene rings is 1. The molecule has 8 heteroatoms. The summed E-state index contributed by atoms with van der Waals surface area (Å²) in [4.78, 5) is 41.9. The molecule has 2 amide bonds. The number of esters is 1. The van der Waals surface area contributed by atoms with E-state index in [1.165, 1.54) is 7.11 Å². The lowest BCUT2D eigenvalue weighted by Crippen LogP contribution is -2.60. The molecule has 0 bridgehead atoms. The molecule has 176 valence electrons. The molecule has 0 N–H and O–H groups in total. The highest BCUT2D eigenvalue weighted by Crippen LogP contribution is 2.63. The third-order valence-corrected chi connectivity index (χ3v) is 7.13. The first-order valence-electron chi connectivity index (χ1n) is 11.4. The number of para-hydroxylation sites is 1. The Hall–Kier alpha value is -3.65. The SMILES string of the molecule is COC(=O)[C@H]1CC(C#N)(C#N)C2=CCCC[C@H]2[C@@]12C(=O)N(C(=O)OC(C)(C)C)c1ccccc12. The Kier molecular flexibility index (Phi) is 5.52. The number of fused-ring (bicyclic) bond motifs is 4. The lowest BCUT2D eigenvalue weighted by atomic mass is 9.47. The minimum Gasteiger partial charge on any atom is -0.469 e. The van der Waals surface area contributed by atoms with Crippen LogP contribution in [0.4, 0.5) is 10.5 Å². The fraction of sp³-hybridized carbons (Fsp3) is 0.500. The molecule has 3 aliphatic rings. The number of nitrogens with zero attached hydrogens (tertiary/aromatic N) is 3. The molecular formula is C26H27N3O5. The zero-order valence-electron chi connectivity index (χ0n) is 19.8. The van der Waals surface area contributed by atoms with Crippen molar-refractivity contribution in [1.82, 2.24) is 0 Å². The van der Waals surface area contributed by atoms with Gasteiger partial charge in [-0.05, 0) is 63.7 Å². The molecule has 4 rings (SSSR count). The molecule has 8 nitrogen and oxygen atoms in total. The van der Waals surface area contributed by atoms with Crippen molar-refractivity contribution in [3.63, 3.8) is 0 Å². The van der Waals surface area contributed by atoms with Gasteiger partial charge in [0.25, 0.3) is 0 Å². The Morgan fingerprint density at radius 2 is 1.85 bits per heavy atom. The van der Waals surface area contributed by atoms with Gasteiger partial charge in [-0.1, -0.05) is 24.3 Å². The number of carbonyl (C=O) groups is 3. The van der Waals surface area contributed by atoms with E-state index < -0.39 is 46.2 Å². The summed E-state index contributed by atoms with van der Waals surface area (Å²) in [6, 6.07) is 11.1. The van der Waals surface area contributed by atoms with Crippen LogP contribution < -0.4 is 4.90 Å². The second-order valence-electron chi connectivity index (χ2n) is 10.1. The Morgan fingerprint density at radius 1 is 1.18 bits per heavy atom. The summed E-state index contributed by atoms with van der Waals surface area (Å²) in [6.07, 6.45) is 2.72. The average Bonchev–Trinajstić information content (AvgIpc) is 3.07. The molecule has 1 fully saturated rings. The maximum Gasteiger partial charge on any atom is 0.421 e. The highest BCUT2D eigenvalue weighted by atomic mass is 16.6. The van der Waals surface area contributed by atoms with Crippen LogP contribution >= 0.6 is 0 Å². The van der Waals surface area contributed by atoms with Gasteiger partial charge in [0.15, 0.2) is 5.41 Å². The number of nitriles is 2. The zero-order valence-corrected chi connectivity index (χ0v) is 19.8. The molecule has 1 spiro atoms. The molecule has 34 heavy (non-hydrogen) atoms. The van der Waals surface area contributed by atoms with Crippen LogP contribution in [0.5, 0.6) is 0 Å². The van der Waals surface area contributed by atoms with Gasteiger partial charge in [0.1, 0.15) is 5.60 Å². The van der Waals surface area contributed by atoms with E-state index >= 15 is 0 Å². The average molecular weight is 462 g/mol. The van der Waals surface area contributed by atoms with E-state index in [1.54, 1.807) is 45.0 Å². The molecule has 0 aromatic heterocycles. The van der Waals surface area contributed by atoms with Gasteiger partial charge >= 0.3 is 12.1 Å². The summed E-state index contributed by atoms with van der Waals surface area (Å²) in [5.74, 6) is -3.01. The molecule has 1 aliphatic heterocycles. The zero-order chi connectivity index (χ0) is 24.9. The van der Waals surface area contributed by atoms with Crippen LogP contribution in [-0.2, 0) is 24.5 Å². The third kappa shape index (κ3) is 3.13. The summed E-state index contributed by atoms with van der Waals surface area (Å²) < 4.78 is 10.7. The minimum atomic E-state index is -1.55. The summed E-state index contributed by atoms with van der Waals surface area (Å²) in [7, 11) is 1.22. The topological polar surface area (TPSA) is 120 Å². The lowest BCUT2D eigenvalue weighted by molar-refractivity contribution is -0.155. The molecule has 2 aliphatic carbocycles. The van der Waals surface area contributed by atoms with Crippen LogP contribution in [0.1, 0.15) is 52.0 Å². The van der Waals surface area contributed by atoms with Gasteiger partial charge in [-0.2, -0.15) is 10.5 Å². The summed E-state index contributed by atoms with van der Waals surface area (Å²) >= 11 is 0. The molecular weight excluding hydrogens is 434 g/mol. The third-order valence-electron chi connectivity index (χ3n) is 7.13. The standard InChI is InChI=1S/C26H27N3O5/c1-24(2,3)34-23(32)29-20-12-8-7-11-18(20)26(22(29)31)17-10-6-5-9-16(17)25(14-27,15-28)13-19(26)21(30)33-4/h7-9,11-12,17,19H,5-6,10,13H2,1-4H3/t17-,19-,26+/m1/s1. The maximum absolute atomic E-state index is 14.4. The van der Waals surface area contributed by atoms with Crippen LogP contribution in [0.3, 0.4) is 0 Å². The summed E-state index contributed by atoms with van der Waals surface area (Å²) in [5.41, 5.74) is -2.46. The smallest absolute Gasteiger partial charge is 0.421 e. The number of allylic oxidation sites excluding steroid dienone is 2. The molecule has 0 unspecified atom stereocenters. The number of hydrogen-bond donors (Lipinski definition) is 0. The molecule has 0 saturated heterocycles. The minimum absolute atomic E-state index is 0.197. The summed E-state index contributed by atoms with van der Waals surface area (Å²) in [6.45, 7) is 5.13. The number of carbonyl (C=O) groups excluding carboxylic acids is 3. The highest BCUT2D eigenvalue weighted by molar-refractivity contribution is 6.22. The van der Waals surface area contributed by atoms with Crippen LogP contribution in [0.15, 0.2) is 35.9 Å². The number of methoxy groups -OCH3 is 1. The Balaban J connectivity index is 2.01.